The van der Waals surface area contributed by atoms with E-state index < -0.39 is 5.97 Å². The molecule has 9 heteroatoms. The summed E-state index contributed by atoms with van der Waals surface area (Å²) in [6.07, 6.45) is 1.61. The molecule has 2 heterocycles. The van der Waals surface area contributed by atoms with Crippen LogP contribution in [0.25, 0.3) is 11.2 Å². The second-order valence-corrected chi connectivity index (χ2v) is 5.28. The van der Waals surface area contributed by atoms with Crippen molar-refractivity contribution < 1.29 is 19.4 Å². The van der Waals surface area contributed by atoms with Crippen molar-refractivity contribution in [3.8, 4) is 6.01 Å². The molecule has 0 bridgehead atoms. The number of rotatable bonds is 7. The van der Waals surface area contributed by atoms with Crippen molar-refractivity contribution in [1.82, 2.24) is 19.5 Å². The third-order valence-corrected chi connectivity index (χ3v) is 3.54. The molecule has 0 aliphatic carbocycles. The van der Waals surface area contributed by atoms with Crippen LogP contribution in [0.1, 0.15) is 15.9 Å². The van der Waals surface area contributed by atoms with E-state index in [1.54, 1.807) is 42.3 Å². The maximum Gasteiger partial charge on any atom is 0.335 e. The molecular formula is C16H17N5O4. The summed E-state index contributed by atoms with van der Waals surface area (Å²) in [5.74, 6) is -0.726. The first-order valence-electron chi connectivity index (χ1n) is 7.51. The van der Waals surface area contributed by atoms with Crippen molar-refractivity contribution in [2.45, 2.75) is 6.54 Å². The van der Waals surface area contributed by atoms with Crippen molar-refractivity contribution in [1.29, 1.82) is 0 Å². The Balaban J connectivity index is 1.86. The van der Waals surface area contributed by atoms with Crippen LogP contribution in [0, 0.1) is 0 Å². The maximum atomic E-state index is 10.9. The molecule has 2 aromatic heterocycles. The van der Waals surface area contributed by atoms with Crippen LogP contribution in [0.2, 0.25) is 0 Å². The third-order valence-electron chi connectivity index (χ3n) is 3.54. The number of aromatic nitrogens is 4. The van der Waals surface area contributed by atoms with Crippen molar-refractivity contribution in [2.75, 3.05) is 26.1 Å². The predicted octanol–water partition coefficient (Wildman–Crippen LogP) is 1.18. The molecule has 1 aromatic carbocycles. The number of hydrogen-bond donors (Lipinski definition) is 2. The van der Waals surface area contributed by atoms with E-state index in [1.807, 2.05) is 0 Å². The second-order valence-electron chi connectivity index (χ2n) is 5.28. The Morgan fingerprint density at radius 1 is 1.24 bits per heavy atom. The highest BCUT2D eigenvalue weighted by molar-refractivity contribution is 5.87. The van der Waals surface area contributed by atoms with Gasteiger partial charge in [-0.2, -0.15) is 9.97 Å². The van der Waals surface area contributed by atoms with E-state index in [0.29, 0.717) is 30.9 Å². The fourth-order valence-corrected chi connectivity index (χ4v) is 2.29. The number of benzene rings is 1. The highest BCUT2D eigenvalue weighted by Gasteiger charge is 2.12. The molecule has 9 nitrogen and oxygen atoms in total. The van der Waals surface area contributed by atoms with Crippen LogP contribution >= 0.6 is 0 Å². The van der Waals surface area contributed by atoms with Gasteiger partial charge < -0.3 is 24.9 Å². The summed E-state index contributed by atoms with van der Waals surface area (Å²) in [6, 6.07) is 6.76. The van der Waals surface area contributed by atoms with Crippen molar-refractivity contribution in [3.05, 3.63) is 41.7 Å². The molecule has 0 saturated heterocycles. The van der Waals surface area contributed by atoms with Gasteiger partial charge in [-0.1, -0.05) is 12.1 Å². The zero-order chi connectivity index (χ0) is 17.8. The lowest BCUT2D eigenvalue weighted by Crippen LogP contribution is -2.09. The van der Waals surface area contributed by atoms with Crippen molar-refractivity contribution in [2.24, 2.45) is 0 Å². The van der Waals surface area contributed by atoms with Gasteiger partial charge in [-0.25, -0.2) is 9.78 Å². The van der Waals surface area contributed by atoms with Crippen LogP contribution in [-0.2, 0) is 11.3 Å². The van der Waals surface area contributed by atoms with E-state index in [2.05, 4.69) is 15.0 Å². The van der Waals surface area contributed by atoms with Gasteiger partial charge in [0, 0.05) is 7.11 Å². The molecule has 0 aliphatic heterocycles. The number of carboxylic acid groups (broad SMARTS) is 1. The molecule has 25 heavy (non-hydrogen) atoms. The Labute approximate surface area is 143 Å². The lowest BCUT2D eigenvalue weighted by Gasteiger charge is -2.07. The zero-order valence-electron chi connectivity index (χ0n) is 13.5. The molecule has 3 aromatic rings. The standard InChI is InChI=1S/C16H17N5O4/c1-24-6-7-25-16-19-13(17)12-14(20-16)21(9-18-12)8-10-2-4-11(5-3-10)15(22)23/h2-5,9H,6-8H2,1H3,(H,22,23)(H2,17,19,20). The molecule has 0 amide bonds. The summed E-state index contributed by atoms with van der Waals surface area (Å²) in [6.45, 7) is 1.19. The number of fused-ring (bicyclic) bond motifs is 1. The van der Waals surface area contributed by atoms with Gasteiger partial charge in [0.1, 0.15) is 6.61 Å². The van der Waals surface area contributed by atoms with Crippen molar-refractivity contribution >= 4 is 23.0 Å². The van der Waals surface area contributed by atoms with Crippen LogP contribution in [0.4, 0.5) is 5.82 Å². The predicted molar refractivity (Wildman–Crippen MR) is 89.6 cm³/mol. The number of imidazole rings is 1. The van der Waals surface area contributed by atoms with Gasteiger partial charge >= 0.3 is 12.0 Å². The van der Waals surface area contributed by atoms with Gasteiger partial charge in [-0.3, -0.25) is 0 Å². The van der Waals surface area contributed by atoms with Gasteiger partial charge in [-0.15, -0.1) is 0 Å². The van der Waals surface area contributed by atoms with E-state index in [-0.39, 0.29) is 17.4 Å². The number of carbonyl (C=O) groups is 1. The molecule has 130 valence electrons. The quantitative estimate of drug-likeness (QED) is 0.613. The van der Waals surface area contributed by atoms with E-state index >= 15 is 0 Å². The monoisotopic (exact) mass is 343 g/mol. The summed E-state index contributed by atoms with van der Waals surface area (Å²) in [7, 11) is 1.58. The number of nitrogens with zero attached hydrogens (tertiary/aromatic N) is 4. The average molecular weight is 343 g/mol. The van der Waals surface area contributed by atoms with E-state index in [4.69, 9.17) is 20.3 Å². The Morgan fingerprint density at radius 3 is 2.68 bits per heavy atom. The van der Waals surface area contributed by atoms with E-state index in [0.717, 1.165) is 5.56 Å². The average Bonchev–Trinajstić information content (AvgIpc) is 2.99. The largest absolute Gasteiger partial charge is 0.478 e. The first kappa shape index (κ1) is 16.7. The summed E-state index contributed by atoms with van der Waals surface area (Å²) in [5, 5.41) is 8.95. The zero-order valence-corrected chi connectivity index (χ0v) is 13.5. The molecular weight excluding hydrogens is 326 g/mol. The van der Waals surface area contributed by atoms with Crippen LogP contribution in [0.5, 0.6) is 6.01 Å². The van der Waals surface area contributed by atoms with E-state index in [9.17, 15) is 4.79 Å². The summed E-state index contributed by atoms with van der Waals surface area (Å²) in [4.78, 5) is 23.6. The number of methoxy groups -OCH3 is 1. The summed E-state index contributed by atoms with van der Waals surface area (Å²) >= 11 is 0. The Kier molecular flexibility index (Phi) is 4.75. The van der Waals surface area contributed by atoms with Gasteiger partial charge in [0.05, 0.1) is 25.0 Å². The number of anilines is 1. The van der Waals surface area contributed by atoms with E-state index in [1.165, 1.54) is 0 Å². The first-order chi connectivity index (χ1) is 12.1. The van der Waals surface area contributed by atoms with Crippen molar-refractivity contribution in [3.63, 3.8) is 0 Å². The molecule has 0 unspecified atom stereocenters. The topological polar surface area (TPSA) is 125 Å². The molecule has 0 spiro atoms. The molecule has 0 radical (unpaired) electrons. The number of nitrogens with two attached hydrogens (primary N) is 1. The molecule has 3 N–H and O–H groups in total. The van der Waals surface area contributed by atoms with Crippen LogP contribution in [-0.4, -0.2) is 50.9 Å². The lowest BCUT2D eigenvalue weighted by atomic mass is 10.1. The Hall–Kier alpha value is -3.20. The highest BCUT2D eigenvalue weighted by Crippen LogP contribution is 2.20. The minimum atomic E-state index is -0.960. The maximum absolute atomic E-state index is 10.9. The summed E-state index contributed by atoms with van der Waals surface area (Å²) in [5.41, 5.74) is 8.09. The van der Waals surface area contributed by atoms with Gasteiger partial charge in [-0.05, 0) is 17.7 Å². The smallest absolute Gasteiger partial charge is 0.335 e. The normalized spacial score (nSPS) is 10.9. The fourth-order valence-electron chi connectivity index (χ4n) is 2.29. The second kappa shape index (κ2) is 7.14. The van der Waals surface area contributed by atoms with Gasteiger partial charge in [0.15, 0.2) is 17.0 Å². The van der Waals surface area contributed by atoms with Crippen LogP contribution in [0.15, 0.2) is 30.6 Å². The van der Waals surface area contributed by atoms with Gasteiger partial charge in [0.25, 0.3) is 0 Å². The Morgan fingerprint density at radius 2 is 2.00 bits per heavy atom. The van der Waals surface area contributed by atoms with Crippen LogP contribution in [0.3, 0.4) is 0 Å². The molecule has 0 saturated carbocycles. The number of aromatic carboxylic acids is 1. The lowest BCUT2D eigenvalue weighted by molar-refractivity contribution is 0.0697. The molecule has 0 fully saturated rings. The molecule has 0 atom stereocenters. The SMILES string of the molecule is COCCOc1nc(N)c2ncn(Cc3ccc(C(=O)O)cc3)c2n1. The fraction of sp³-hybridized carbons (Fsp3) is 0.250. The minimum Gasteiger partial charge on any atom is -0.478 e. The van der Waals surface area contributed by atoms with Gasteiger partial charge in [0.2, 0.25) is 0 Å². The minimum absolute atomic E-state index is 0.157. The number of ether oxygens (including phenoxy) is 2. The summed E-state index contributed by atoms with van der Waals surface area (Å²) < 4.78 is 12.1. The number of nitrogen functional groups attached to an aromatic ring is 1. The highest BCUT2D eigenvalue weighted by atomic mass is 16.5. The molecule has 3 rings (SSSR count). The number of hydrogen-bond acceptors (Lipinski definition) is 7. The number of carboxylic acids is 1. The first-order valence-corrected chi connectivity index (χ1v) is 7.51. The van der Waals surface area contributed by atoms with Crippen LogP contribution < -0.4 is 10.5 Å². The Bertz CT molecular complexity index is 891. The molecule has 0 aliphatic rings. The third kappa shape index (κ3) is 3.66.